The smallest absolute Gasteiger partial charge is 0.222 e. The van der Waals surface area contributed by atoms with E-state index in [2.05, 4.69) is 31.0 Å². The maximum absolute atomic E-state index is 12.1. The molecular formula is C14H28N2O. The molecule has 0 saturated carbocycles. The molecule has 3 nitrogen and oxygen atoms in total. The summed E-state index contributed by atoms with van der Waals surface area (Å²) in [6, 6.07) is 0. The van der Waals surface area contributed by atoms with Crippen molar-refractivity contribution in [2.24, 2.45) is 11.8 Å². The number of amides is 1. The van der Waals surface area contributed by atoms with Crippen molar-refractivity contribution in [3.05, 3.63) is 0 Å². The molecular weight excluding hydrogens is 212 g/mol. The molecule has 1 heterocycles. The van der Waals surface area contributed by atoms with Crippen molar-refractivity contribution < 1.29 is 4.79 Å². The number of piperidine rings is 1. The molecule has 1 saturated heterocycles. The van der Waals surface area contributed by atoms with Crippen LogP contribution in [0.15, 0.2) is 0 Å². The van der Waals surface area contributed by atoms with Crippen molar-refractivity contribution in [2.75, 3.05) is 26.2 Å². The van der Waals surface area contributed by atoms with E-state index in [4.69, 9.17) is 0 Å². The second kappa shape index (κ2) is 7.70. The first kappa shape index (κ1) is 14.5. The van der Waals surface area contributed by atoms with Gasteiger partial charge in [-0.2, -0.15) is 0 Å². The molecule has 0 radical (unpaired) electrons. The highest BCUT2D eigenvalue weighted by molar-refractivity contribution is 5.76. The van der Waals surface area contributed by atoms with Gasteiger partial charge in [0, 0.05) is 19.5 Å². The molecule has 1 N–H and O–H groups in total. The Morgan fingerprint density at radius 2 is 2.00 bits per heavy atom. The summed E-state index contributed by atoms with van der Waals surface area (Å²) in [7, 11) is 0. The molecule has 1 atom stereocenters. The molecule has 100 valence electrons. The summed E-state index contributed by atoms with van der Waals surface area (Å²) < 4.78 is 0. The minimum atomic E-state index is 0.348. The number of hydrogen-bond donors (Lipinski definition) is 1. The van der Waals surface area contributed by atoms with E-state index in [1.807, 2.05) is 0 Å². The van der Waals surface area contributed by atoms with Crippen LogP contribution < -0.4 is 5.32 Å². The van der Waals surface area contributed by atoms with E-state index >= 15 is 0 Å². The lowest BCUT2D eigenvalue weighted by atomic mass is 9.97. The molecule has 1 aliphatic heterocycles. The van der Waals surface area contributed by atoms with Crippen LogP contribution in [0.1, 0.15) is 46.5 Å². The van der Waals surface area contributed by atoms with Crippen LogP contribution in [0.3, 0.4) is 0 Å². The molecule has 17 heavy (non-hydrogen) atoms. The summed E-state index contributed by atoms with van der Waals surface area (Å²) >= 11 is 0. The maximum Gasteiger partial charge on any atom is 0.222 e. The predicted molar refractivity (Wildman–Crippen MR) is 71.9 cm³/mol. The summed E-state index contributed by atoms with van der Waals surface area (Å²) in [6.45, 7) is 10.5. The first-order chi connectivity index (χ1) is 8.17. The van der Waals surface area contributed by atoms with E-state index in [0.717, 1.165) is 39.0 Å². The standard InChI is InChI=1S/C14H28N2O/c1-4-12(3)10-14(17)16(5-2)11-13-6-8-15-9-7-13/h12-13,15H,4-11H2,1-3H3. The van der Waals surface area contributed by atoms with Gasteiger partial charge < -0.3 is 10.2 Å². The summed E-state index contributed by atoms with van der Waals surface area (Å²) in [6.07, 6.45) is 4.24. The van der Waals surface area contributed by atoms with Gasteiger partial charge in [0.2, 0.25) is 5.91 Å². The Labute approximate surface area is 106 Å². The molecule has 0 aliphatic carbocycles. The molecule has 0 aromatic heterocycles. The Morgan fingerprint density at radius 1 is 1.35 bits per heavy atom. The van der Waals surface area contributed by atoms with Crippen molar-refractivity contribution in [1.29, 1.82) is 0 Å². The van der Waals surface area contributed by atoms with Gasteiger partial charge in [-0.1, -0.05) is 20.3 Å². The van der Waals surface area contributed by atoms with E-state index in [9.17, 15) is 4.79 Å². The number of nitrogens with one attached hydrogen (secondary N) is 1. The first-order valence-electron chi connectivity index (χ1n) is 7.15. The summed E-state index contributed by atoms with van der Waals surface area (Å²) in [4.78, 5) is 14.2. The van der Waals surface area contributed by atoms with Gasteiger partial charge >= 0.3 is 0 Å². The summed E-state index contributed by atoms with van der Waals surface area (Å²) in [5, 5.41) is 3.37. The molecule has 0 spiro atoms. The highest BCUT2D eigenvalue weighted by Crippen LogP contribution is 2.15. The Balaban J connectivity index is 2.37. The van der Waals surface area contributed by atoms with Crippen molar-refractivity contribution in [1.82, 2.24) is 10.2 Å². The molecule has 1 unspecified atom stereocenters. The molecule has 1 aliphatic rings. The molecule has 1 amide bonds. The van der Waals surface area contributed by atoms with Gasteiger partial charge in [-0.15, -0.1) is 0 Å². The van der Waals surface area contributed by atoms with Crippen molar-refractivity contribution >= 4 is 5.91 Å². The molecule has 3 heteroatoms. The highest BCUT2D eigenvalue weighted by atomic mass is 16.2. The van der Waals surface area contributed by atoms with Gasteiger partial charge in [-0.3, -0.25) is 4.79 Å². The second-order valence-electron chi connectivity index (χ2n) is 5.34. The average molecular weight is 240 g/mol. The van der Waals surface area contributed by atoms with E-state index < -0.39 is 0 Å². The predicted octanol–water partition coefficient (Wildman–Crippen LogP) is 2.27. The van der Waals surface area contributed by atoms with Crippen LogP contribution in [0.5, 0.6) is 0 Å². The third kappa shape index (κ3) is 5.07. The zero-order valence-electron chi connectivity index (χ0n) is 11.7. The fourth-order valence-electron chi connectivity index (χ4n) is 2.35. The normalized spacial score (nSPS) is 19.0. The maximum atomic E-state index is 12.1. The van der Waals surface area contributed by atoms with Crippen LogP contribution >= 0.6 is 0 Å². The molecule has 1 fully saturated rings. The van der Waals surface area contributed by atoms with Crippen molar-refractivity contribution in [3.8, 4) is 0 Å². The highest BCUT2D eigenvalue weighted by Gasteiger charge is 2.20. The molecule has 1 rings (SSSR count). The molecule has 0 bridgehead atoms. The zero-order valence-corrected chi connectivity index (χ0v) is 11.7. The minimum absolute atomic E-state index is 0.348. The topological polar surface area (TPSA) is 32.3 Å². The number of nitrogens with zero attached hydrogens (tertiary/aromatic N) is 1. The van der Waals surface area contributed by atoms with Gasteiger partial charge in [-0.05, 0) is 44.7 Å². The minimum Gasteiger partial charge on any atom is -0.343 e. The summed E-state index contributed by atoms with van der Waals surface area (Å²) in [5.41, 5.74) is 0. The van der Waals surface area contributed by atoms with Crippen LogP contribution in [-0.2, 0) is 4.79 Å². The fraction of sp³-hybridized carbons (Fsp3) is 0.929. The fourth-order valence-corrected chi connectivity index (χ4v) is 2.35. The van der Waals surface area contributed by atoms with E-state index in [1.165, 1.54) is 12.8 Å². The molecule has 0 aromatic rings. The lowest BCUT2D eigenvalue weighted by molar-refractivity contribution is -0.132. The third-order valence-corrected chi connectivity index (χ3v) is 3.89. The molecule has 0 aromatic carbocycles. The van der Waals surface area contributed by atoms with Crippen LogP contribution in [0, 0.1) is 11.8 Å². The Morgan fingerprint density at radius 3 is 2.53 bits per heavy atom. The zero-order chi connectivity index (χ0) is 12.7. The number of carbonyl (C=O) groups is 1. The van der Waals surface area contributed by atoms with E-state index in [0.29, 0.717) is 17.7 Å². The van der Waals surface area contributed by atoms with Crippen LogP contribution in [-0.4, -0.2) is 37.0 Å². The van der Waals surface area contributed by atoms with Crippen molar-refractivity contribution in [3.63, 3.8) is 0 Å². The van der Waals surface area contributed by atoms with Crippen molar-refractivity contribution in [2.45, 2.75) is 46.5 Å². The van der Waals surface area contributed by atoms with Crippen LogP contribution in [0.25, 0.3) is 0 Å². The number of rotatable bonds is 6. The average Bonchev–Trinajstić information content (AvgIpc) is 2.36. The van der Waals surface area contributed by atoms with Gasteiger partial charge in [0.05, 0.1) is 0 Å². The van der Waals surface area contributed by atoms with E-state index in [-0.39, 0.29) is 0 Å². The third-order valence-electron chi connectivity index (χ3n) is 3.89. The lowest BCUT2D eigenvalue weighted by Gasteiger charge is -2.30. The van der Waals surface area contributed by atoms with Gasteiger partial charge in [0.25, 0.3) is 0 Å². The van der Waals surface area contributed by atoms with Crippen LogP contribution in [0.4, 0.5) is 0 Å². The Kier molecular flexibility index (Phi) is 6.56. The monoisotopic (exact) mass is 240 g/mol. The van der Waals surface area contributed by atoms with Gasteiger partial charge in [0.15, 0.2) is 0 Å². The SMILES string of the molecule is CCC(C)CC(=O)N(CC)CC1CCNCC1. The Hall–Kier alpha value is -0.570. The van der Waals surface area contributed by atoms with Crippen LogP contribution in [0.2, 0.25) is 0 Å². The lowest BCUT2D eigenvalue weighted by Crippen LogP contribution is -2.39. The summed E-state index contributed by atoms with van der Waals surface area (Å²) in [5.74, 6) is 1.57. The quantitative estimate of drug-likeness (QED) is 0.772. The second-order valence-corrected chi connectivity index (χ2v) is 5.34. The van der Waals surface area contributed by atoms with Gasteiger partial charge in [0.1, 0.15) is 0 Å². The number of hydrogen-bond acceptors (Lipinski definition) is 2. The van der Waals surface area contributed by atoms with Gasteiger partial charge in [-0.25, -0.2) is 0 Å². The Bertz CT molecular complexity index is 224. The number of carbonyl (C=O) groups excluding carboxylic acids is 1. The largest absolute Gasteiger partial charge is 0.343 e. The van der Waals surface area contributed by atoms with E-state index in [1.54, 1.807) is 0 Å². The first-order valence-corrected chi connectivity index (χ1v) is 7.15.